The fourth-order valence-electron chi connectivity index (χ4n) is 3.29. The molecular weight excluding hydrogens is 222 g/mol. The van der Waals surface area contributed by atoms with Crippen LogP contribution < -0.4 is 5.48 Å². The van der Waals surface area contributed by atoms with Gasteiger partial charge in [0.2, 0.25) is 0 Å². The van der Waals surface area contributed by atoms with Crippen LogP contribution in [0.5, 0.6) is 0 Å². The first-order chi connectivity index (χ1) is 8.77. The zero-order valence-corrected chi connectivity index (χ0v) is 11.6. The van der Waals surface area contributed by atoms with Crippen LogP contribution in [-0.4, -0.2) is 13.2 Å². The van der Waals surface area contributed by atoms with Gasteiger partial charge in [0.05, 0.1) is 6.10 Å². The highest BCUT2D eigenvalue weighted by molar-refractivity contribution is 5.17. The summed E-state index contributed by atoms with van der Waals surface area (Å²) < 4.78 is 0. The molecule has 1 aliphatic rings. The molecule has 2 rings (SSSR count). The molecule has 1 unspecified atom stereocenters. The molecule has 0 heterocycles. The first kappa shape index (κ1) is 13.6. The van der Waals surface area contributed by atoms with Crippen molar-refractivity contribution in [3.05, 3.63) is 35.9 Å². The fourth-order valence-corrected chi connectivity index (χ4v) is 3.29. The molecule has 2 nitrogen and oxygen atoms in total. The van der Waals surface area contributed by atoms with E-state index in [0.717, 1.165) is 6.42 Å². The van der Waals surface area contributed by atoms with Crippen molar-refractivity contribution >= 4 is 0 Å². The van der Waals surface area contributed by atoms with Crippen LogP contribution >= 0.6 is 0 Å². The molecule has 1 fully saturated rings. The van der Waals surface area contributed by atoms with E-state index in [4.69, 9.17) is 4.84 Å². The van der Waals surface area contributed by atoms with Gasteiger partial charge in [-0.3, -0.25) is 4.84 Å². The van der Waals surface area contributed by atoms with Crippen LogP contribution in [0.2, 0.25) is 0 Å². The van der Waals surface area contributed by atoms with Crippen molar-refractivity contribution < 1.29 is 4.84 Å². The van der Waals surface area contributed by atoms with Gasteiger partial charge in [-0.25, -0.2) is 5.48 Å². The normalized spacial score (nSPS) is 20.6. The molecule has 0 spiro atoms. The Morgan fingerprint density at radius 2 is 1.83 bits per heavy atom. The lowest BCUT2D eigenvalue weighted by Gasteiger charge is -2.41. The Morgan fingerprint density at radius 3 is 2.44 bits per heavy atom. The summed E-state index contributed by atoms with van der Waals surface area (Å²) in [6.07, 6.45) is 8.02. The number of benzene rings is 1. The highest BCUT2D eigenvalue weighted by Gasteiger charge is 2.38. The van der Waals surface area contributed by atoms with Gasteiger partial charge in [0.1, 0.15) is 0 Å². The summed E-state index contributed by atoms with van der Waals surface area (Å²) in [5, 5.41) is 0. The number of hydrogen-bond acceptors (Lipinski definition) is 2. The third-order valence-corrected chi connectivity index (χ3v) is 4.41. The van der Waals surface area contributed by atoms with Crippen LogP contribution in [0.15, 0.2) is 30.3 Å². The second-order valence-corrected chi connectivity index (χ2v) is 5.55. The zero-order chi connectivity index (χ0) is 12.8. The van der Waals surface area contributed by atoms with E-state index < -0.39 is 0 Å². The molecule has 100 valence electrons. The lowest BCUT2D eigenvalue weighted by molar-refractivity contribution is -0.0899. The molecule has 2 heteroatoms. The molecule has 1 aliphatic carbocycles. The molecule has 1 saturated carbocycles. The first-order valence-corrected chi connectivity index (χ1v) is 7.13. The van der Waals surface area contributed by atoms with Gasteiger partial charge in [-0.2, -0.15) is 0 Å². The summed E-state index contributed by atoms with van der Waals surface area (Å²) in [7, 11) is 1.86. The first-order valence-electron chi connectivity index (χ1n) is 7.13. The van der Waals surface area contributed by atoms with Crippen LogP contribution in [0.3, 0.4) is 0 Å². The lowest BCUT2D eigenvalue weighted by atomic mass is 9.67. The maximum absolute atomic E-state index is 5.71. The number of nitrogens with one attached hydrogen (secondary N) is 1. The van der Waals surface area contributed by atoms with Gasteiger partial charge in [0.15, 0.2) is 0 Å². The van der Waals surface area contributed by atoms with Crippen molar-refractivity contribution in [2.45, 2.75) is 51.6 Å². The lowest BCUT2D eigenvalue weighted by Crippen LogP contribution is -2.41. The van der Waals surface area contributed by atoms with Gasteiger partial charge >= 0.3 is 0 Å². The van der Waals surface area contributed by atoms with Crippen LogP contribution in [0.25, 0.3) is 0 Å². The molecular formula is C16H25NO. The van der Waals surface area contributed by atoms with E-state index in [1.807, 2.05) is 7.05 Å². The predicted octanol–water partition coefficient (Wildman–Crippen LogP) is 3.72. The largest absolute Gasteiger partial charge is 0.298 e. The van der Waals surface area contributed by atoms with Crippen molar-refractivity contribution in [1.82, 2.24) is 5.48 Å². The Hall–Kier alpha value is -0.860. The Kier molecular flexibility index (Phi) is 4.79. The highest BCUT2D eigenvalue weighted by Crippen LogP contribution is 2.43. The minimum Gasteiger partial charge on any atom is -0.298 e. The molecule has 18 heavy (non-hydrogen) atoms. The molecule has 0 radical (unpaired) electrons. The Balaban J connectivity index is 2.14. The average molecular weight is 247 g/mol. The minimum absolute atomic E-state index is 0.267. The summed E-state index contributed by atoms with van der Waals surface area (Å²) in [5.74, 6) is 0. The summed E-state index contributed by atoms with van der Waals surface area (Å²) in [5.41, 5.74) is 4.62. The van der Waals surface area contributed by atoms with Crippen LogP contribution in [0.1, 0.15) is 44.6 Å². The molecule has 1 atom stereocenters. The fraction of sp³-hybridized carbons (Fsp3) is 0.625. The molecule has 1 N–H and O–H groups in total. The van der Waals surface area contributed by atoms with Gasteiger partial charge in [-0.1, -0.05) is 49.6 Å². The van der Waals surface area contributed by atoms with E-state index in [-0.39, 0.29) is 6.10 Å². The van der Waals surface area contributed by atoms with Crippen molar-refractivity contribution in [2.75, 3.05) is 7.05 Å². The van der Waals surface area contributed by atoms with Crippen molar-refractivity contribution in [2.24, 2.45) is 5.41 Å². The van der Waals surface area contributed by atoms with Gasteiger partial charge in [-0.05, 0) is 31.7 Å². The quantitative estimate of drug-likeness (QED) is 0.801. The van der Waals surface area contributed by atoms with Crippen molar-refractivity contribution in [3.63, 3.8) is 0 Å². The molecule has 0 aliphatic heterocycles. The molecule has 0 bridgehead atoms. The SMILES string of the molecule is CNOC(C)C1(Cc2ccccc2)CCCCC1. The van der Waals surface area contributed by atoms with Gasteiger partial charge in [-0.15, -0.1) is 0 Å². The maximum atomic E-state index is 5.71. The van der Waals surface area contributed by atoms with Crippen molar-refractivity contribution in [3.8, 4) is 0 Å². The van der Waals surface area contributed by atoms with E-state index in [1.165, 1.54) is 37.7 Å². The monoisotopic (exact) mass is 247 g/mol. The Bertz CT molecular complexity index is 343. The predicted molar refractivity (Wildman–Crippen MR) is 75.3 cm³/mol. The summed E-state index contributed by atoms with van der Waals surface area (Å²) in [6, 6.07) is 10.8. The molecule has 0 aromatic heterocycles. The molecule has 0 amide bonds. The molecule has 0 saturated heterocycles. The van der Waals surface area contributed by atoms with Crippen LogP contribution in [-0.2, 0) is 11.3 Å². The zero-order valence-electron chi connectivity index (χ0n) is 11.6. The molecule has 1 aromatic carbocycles. The smallest absolute Gasteiger partial charge is 0.0821 e. The Morgan fingerprint density at radius 1 is 1.17 bits per heavy atom. The summed E-state index contributed by atoms with van der Waals surface area (Å²) >= 11 is 0. The number of hydroxylamine groups is 1. The van der Waals surface area contributed by atoms with E-state index in [1.54, 1.807) is 0 Å². The van der Waals surface area contributed by atoms with Gasteiger partial charge in [0.25, 0.3) is 0 Å². The third-order valence-electron chi connectivity index (χ3n) is 4.41. The molecule has 1 aromatic rings. The van der Waals surface area contributed by atoms with Gasteiger partial charge in [0, 0.05) is 12.5 Å². The van der Waals surface area contributed by atoms with E-state index in [9.17, 15) is 0 Å². The third kappa shape index (κ3) is 3.12. The summed E-state index contributed by atoms with van der Waals surface area (Å²) in [4.78, 5) is 5.71. The van der Waals surface area contributed by atoms with E-state index in [0.29, 0.717) is 5.41 Å². The number of hydrogen-bond donors (Lipinski definition) is 1. The Labute approximate surface area is 111 Å². The van der Waals surface area contributed by atoms with Gasteiger partial charge < -0.3 is 0 Å². The topological polar surface area (TPSA) is 21.3 Å². The van der Waals surface area contributed by atoms with Crippen LogP contribution in [0, 0.1) is 5.41 Å². The number of rotatable bonds is 5. The van der Waals surface area contributed by atoms with Crippen molar-refractivity contribution in [1.29, 1.82) is 0 Å². The van der Waals surface area contributed by atoms with Crippen LogP contribution in [0.4, 0.5) is 0 Å². The van der Waals surface area contributed by atoms with E-state index in [2.05, 4.69) is 42.7 Å². The van der Waals surface area contributed by atoms with E-state index >= 15 is 0 Å². The highest BCUT2D eigenvalue weighted by atomic mass is 16.7. The maximum Gasteiger partial charge on any atom is 0.0821 e. The second-order valence-electron chi connectivity index (χ2n) is 5.55. The standard InChI is InChI=1S/C16H25NO/c1-14(18-17-2)16(11-7-4-8-12-16)13-15-9-5-3-6-10-15/h3,5-6,9-10,14,17H,4,7-8,11-13H2,1-2H3. The minimum atomic E-state index is 0.267. The summed E-state index contributed by atoms with van der Waals surface area (Å²) in [6.45, 7) is 2.21. The second kappa shape index (κ2) is 6.35. The average Bonchev–Trinajstić information content (AvgIpc) is 2.41.